The number of anilines is 2. The highest BCUT2D eigenvalue weighted by molar-refractivity contribution is 5.92. The first kappa shape index (κ1) is 17.2. The molecule has 0 N–H and O–H groups in total. The van der Waals surface area contributed by atoms with Gasteiger partial charge in [0.2, 0.25) is 0 Å². The summed E-state index contributed by atoms with van der Waals surface area (Å²) in [6, 6.07) is 10.5. The van der Waals surface area contributed by atoms with Crippen molar-refractivity contribution in [1.82, 2.24) is 14.9 Å². The van der Waals surface area contributed by atoms with Gasteiger partial charge >= 0.3 is 0 Å². The van der Waals surface area contributed by atoms with Crippen molar-refractivity contribution in [3.05, 3.63) is 48.4 Å². The van der Waals surface area contributed by atoms with Crippen molar-refractivity contribution in [2.24, 2.45) is 0 Å². The second kappa shape index (κ2) is 7.51. The molecule has 2 heterocycles. The molecule has 0 saturated carbocycles. The van der Waals surface area contributed by atoms with Crippen LogP contribution in [0.3, 0.4) is 0 Å². The molecule has 1 atom stereocenters. The van der Waals surface area contributed by atoms with Crippen LogP contribution in [0.5, 0.6) is 0 Å². The van der Waals surface area contributed by atoms with Crippen LogP contribution >= 0.6 is 0 Å². The van der Waals surface area contributed by atoms with E-state index in [0.717, 1.165) is 25.3 Å². The summed E-state index contributed by atoms with van der Waals surface area (Å²) in [6.45, 7) is 4.49. The van der Waals surface area contributed by atoms with E-state index in [9.17, 15) is 4.79 Å². The first-order valence-electron chi connectivity index (χ1n) is 8.70. The van der Waals surface area contributed by atoms with Gasteiger partial charge in [0, 0.05) is 45.5 Å². The molecule has 1 fully saturated rings. The van der Waals surface area contributed by atoms with Crippen LogP contribution in [-0.4, -0.2) is 60.5 Å². The number of piperazine rings is 1. The third-order valence-electron chi connectivity index (χ3n) is 4.65. The van der Waals surface area contributed by atoms with E-state index in [4.69, 9.17) is 0 Å². The monoisotopic (exact) mass is 339 g/mol. The lowest BCUT2D eigenvalue weighted by molar-refractivity contribution is 0.0645. The fraction of sp³-hybridized carbons (Fsp3) is 0.421. The number of amides is 1. The fourth-order valence-corrected chi connectivity index (χ4v) is 3.16. The molecular weight excluding hydrogens is 314 g/mol. The third-order valence-corrected chi connectivity index (χ3v) is 4.65. The van der Waals surface area contributed by atoms with E-state index in [2.05, 4.69) is 46.1 Å². The molecular formula is C19H25N5O. The summed E-state index contributed by atoms with van der Waals surface area (Å²) in [5.41, 5.74) is 1.63. The molecule has 0 bridgehead atoms. The number of rotatable bonds is 4. The van der Waals surface area contributed by atoms with Gasteiger partial charge in [-0.1, -0.05) is 25.1 Å². The van der Waals surface area contributed by atoms with Crippen LogP contribution in [0.4, 0.5) is 11.5 Å². The number of carbonyl (C=O) groups excluding carboxylic acids is 1. The van der Waals surface area contributed by atoms with Crippen molar-refractivity contribution >= 4 is 17.4 Å². The quantitative estimate of drug-likeness (QED) is 0.855. The molecule has 1 aromatic heterocycles. The summed E-state index contributed by atoms with van der Waals surface area (Å²) in [5, 5.41) is 0. The van der Waals surface area contributed by atoms with E-state index in [-0.39, 0.29) is 11.9 Å². The maximum Gasteiger partial charge on any atom is 0.274 e. The van der Waals surface area contributed by atoms with Crippen molar-refractivity contribution < 1.29 is 4.79 Å². The zero-order valence-electron chi connectivity index (χ0n) is 15.1. The minimum Gasteiger partial charge on any atom is -0.368 e. The van der Waals surface area contributed by atoms with Gasteiger partial charge in [-0.25, -0.2) is 9.97 Å². The average molecular weight is 339 g/mol. The Balaban J connectivity index is 1.73. The topological polar surface area (TPSA) is 52.6 Å². The SMILES string of the molecule is CCC1CN(c2ccccc2)CCN1C(=O)c1cnc(N(C)C)cn1. The van der Waals surface area contributed by atoms with E-state index in [1.54, 1.807) is 12.4 Å². The van der Waals surface area contributed by atoms with E-state index in [1.807, 2.05) is 30.0 Å². The van der Waals surface area contributed by atoms with Gasteiger partial charge in [-0.05, 0) is 18.6 Å². The van der Waals surface area contributed by atoms with Gasteiger partial charge in [0.15, 0.2) is 0 Å². The maximum atomic E-state index is 12.9. The molecule has 6 nitrogen and oxygen atoms in total. The number of carbonyl (C=O) groups is 1. The molecule has 132 valence electrons. The highest BCUT2D eigenvalue weighted by Crippen LogP contribution is 2.21. The number of hydrogen-bond acceptors (Lipinski definition) is 5. The second-order valence-corrected chi connectivity index (χ2v) is 6.50. The number of benzene rings is 1. The van der Waals surface area contributed by atoms with Crippen molar-refractivity contribution in [1.29, 1.82) is 0 Å². The molecule has 25 heavy (non-hydrogen) atoms. The number of aromatic nitrogens is 2. The van der Waals surface area contributed by atoms with Gasteiger partial charge in [-0.3, -0.25) is 4.79 Å². The molecule has 1 unspecified atom stereocenters. The summed E-state index contributed by atoms with van der Waals surface area (Å²) in [4.78, 5) is 27.7. The predicted octanol–water partition coefficient (Wildman–Crippen LogP) is 2.28. The highest BCUT2D eigenvalue weighted by atomic mass is 16.2. The summed E-state index contributed by atoms with van der Waals surface area (Å²) >= 11 is 0. The lowest BCUT2D eigenvalue weighted by Crippen LogP contribution is -2.55. The van der Waals surface area contributed by atoms with Gasteiger partial charge in [-0.2, -0.15) is 0 Å². The Morgan fingerprint density at radius 1 is 1.16 bits per heavy atom. The highest BCUT2D eigenvalue weighted by Gasteiger charge is 2.30. The Kier molecular flexibility index (Phi) is 5.16. The van der Waals surface area contributed by atoms with Gasteiger partial charge in [0.25, 0.3) is 5.91 Å². The van der Waals surface area contributed by atoms with Crippen LogP contribution in [0.2, 0.25) is 0 Å². The minimum atomic E-state index is -0.0302. The zero-order valence-corrected chi connectivity index (χ0v) is 15.1. The Hall–Kier alpha value is -2.63. The maximum absolute atomic E-state index is 12.9. The Bertz CT molecular complexity index is 702. The lowest BCUT2D eigenvalue weighted by atomic mass is 10.1. The summed E-state index contributed by atoms with van der Waals surface area (Å²) < 4.78 is 0. The van der Waals surface area contributed by atoms with Gasteiger partial charge < -0.3 is 14.7 Å². The molecule has 1 amide bonds. The Morgan fingerprint density at radius 3 is 2.52 bits per heavy atom. The summed E-state index contributed by atoms with van der Waals surface area (Å²) in [6.07, 6.45) is 4.14. The van der Waals surface area contributed by atoms with E-state index in [1.165, 1.54) is 5.69 Å². The fourth-order valence-electron chi connectivity index (χ4n) is 3.16. The van der Waals surface area contributed by atoms with Crippen LogP contribution in [-0.2, 0) is 0 Å². The second-order valence-electron chi connectivity index (χ2n) is 6.50. The van der Waals surface area contributed by atoms with Gasteiger partial charge in [-0.15, -0.1) is 0 Å². The largest absolute Gasteiger partial charge is 0.368 e. The first-order valence-corrected chi connectivity index (χ1v) is 8.70. The molecule has 3 rings (SSSR count). The Labute approximate surface area is 149 Å². The van der Waals surface area contributed by atoms with Crippen molar-refractivity contribution in [3.63, 3.8) is 0 Å². The van der Waals surface area contributed by atoms with Crippen molar-refractivity contribution in [2.45, 2.75) is 19.4 Å². The molecule has 0 aliphatic carbocycles. The smallest absolute Gasteiger partial charge is 0.274 e. The number of para-hydroxylation sites is 1. The van der Waals surface area contributed by atoms with Crippen LogP contribution in [0.15, 0.2) is 42.7 Å². The summed E-state index contributed by atoms with van der Waals surface area (Å²) in [5.74, 6) is 0.717. The van der Waals surface area contributed by atoms with E-state index < -0.39 is 0 Å². The molecule has 6 heteroatoms. The van der Waals surface area contributed by atoms with Crippen molar-refractivity contribution in [3.8, 4) is 0 Å². The average Bonchev–Trinajstić information content (AvgIpc) is 2.67. The first-order chi connectivity index (χ1) is 12.1. The van der Waals surface area contributed by atoms with Crippen LogP contribution in [0, 0.1) is 0 Å². The van der Waals surface area contributed by atoms with Crippen molar-refractivity contribution in [2.75, 3.05) is 43.5 Å². The summed E-state index contributed by atoms with van der Waals surface area (Å²) in [7, 11) is 3.81. The van der Waals surface area contributed by atoms with E-state index >= 15 is 0 Å². The normalized spacial score (nSPS) is 17.5. The lowest BCUT2D eigenvalue weighted by Gasteiger charge is -2.42. The van der Waals surface area contributed by atoms with Gasteiger partial charge in [0.05, 0.1) is 12.4 Å². The van der Waals surface area contributed by atoms with E-state index in [0.29, 0.717) is 12.2 Å². The number of nitrogens with zero attached hydrogens (tertiary/aromatic N) is 5. The predicted molar refractivity (Wildman–Crippen MR) is 100 cm³/mol. The molecule has 0 radical (unpaired) electrons. The molecule has 1 aliphatic heterocycles. The van der Waals surface area contributed by atoms with Crippen LogP contribution in [0.25, 0.3) is 0 Å². The third kappa shape index (κ3) is 3.73. The molecule has 0 spiro atoms. The molecule has 1 aromatic carbocycles. The van der Waals surface area contributed by atoms with Crippen LogP contribution in [0.1, 0.15) is 23.8 Å². The Morgan fingerprint density at radius 2 is 1.92 bits per heavy atom. The molecule has 1 aliphatic rings. The standard InChI is InChI=1S/C19H25N5O/c1-4-15-14-23(16-8-6-5-7-9-16)10-11-24(15)19(25)17-12-21-18(13-20-17)22(2)3/h5-9,12-13,15H,4,10-11,14H2,1-3H3. The van der Waals surface area contributed by atoms with Crippen LogP contribution < -0.4 is 9.80 Å². The van der Waals surface area contributed by atoms with Gasteiger partial charge in [0.1, 0.15) is 11.5 Å². The minimum absolute atomic E-state index is 0.0302. The molecule has 1 saturated heterocycles. The number of hydrogen-bond donors (Lipinski definition) is 0. The molecule has 2 aromatic rings. The zero-order chi connectivity index (χ0) is 17.8.